The van der Waals surface area contributed by atoms with Crippen molar-refractivity contribution in [1.82, 2.24) is 0 Å². The van der Waals surface area contributed by atoms with E-state index in [1.807, 2.05) is 0 Å². The summed E-state index contributed by atoms with van der Waals surface area (Å²) in [6.07, 6.45) is 12.9. The van der Waals surface area contributed by atoms with E-state index < -0.39 is 0 Å². The lowest BCUT2D eigenvalue weighted by Crippen LogP contribution is -2.04. The molecule has 1 heteroatoms. The quantitative estimate of drug-likeness (QED) is 0.323. The van der Waals surface area contributed by atoms with Gasteiger partial charge in [0.05, 0.1) is 0 Å². The summed E-state index contributed by atoms with van der Waals surface area (Å²) in [6.45, 7) is 9.42. The Morgan fingerprint density at radius 2 is 1.69 bits per heavy atom. The largest absolute Gasteiger partial charge is 0.122 e. The van der Waals surface area contributed by atoms with Crippen LogP contribution < -0.4 is 0 Å². The smallest absolute Gasteiger partial charge is 0.0328 e. The highest BCUT2D eigenvalue weighted by molar-refractivity contribution is 7.37. The SMILES string of the molecule is CCCCPCC(C)CCC(CC)CCC. The van der Waals surface area contributed by atoms with Gasteiger partial charge in [-0.1, -0.05) is 66.2 Å². The van der Waals surface area contributed by atoms with Gasteiger partial charge in [-0.2, -0.15) is 0 Å². The molecule has 0 saturated heterocycles. The Balaban J connectivity index is 3.43. The van der Waals surface area contributed by atoms with Crippen molar-refractivity contribution >= 4 is 8.58 Å². The van der Waals surface area contributed by atoms with Crippen LogP contribution in [-0.4, -0.2) is 12.3 Å². The standard InChI is InChI=1S/C15H33P/c1-5-8-12-16-13-14(4)10-11-15(7-3)9-6-2/h14-16H,5-13H2,1-4H3. The van der Waals surface area contributed by atoms with Crippen molar-refractivity contribution < 1.29 is 0 Å². The summed E-state index contributed by atoms with van der Waals surface area (Å²) in [5.74, 6) is 1.98. The van der Waals surface area contributed by atoms with E-state index in [0.29, 0.717) is 0 Å². The molecule has 0 saturated carbocycles. The molecule has 0 aliphatic heterocycles. The van der Waals surface area contributed by atoms with Gasteiger partial charge in [-0.15, -0.1) is 8.58 Å². The van der Waals surface area contributed by atoms with Crippen LogP contribution in [0.2, 0.25) is 0 Å². The van der Waals surface area contributed by atoms with Gasteiger partial charge in [0.15, 0.2) is 0 Å². The molecular weight excluding hydrogens is 211 g/mol. The van der Waals surface area contributed by atoms with Gasteiger partial charge in [-0.3, -0.25) is 0 Å². The van der Waals surface area contributed by atoms with Crippen molar-refractivity contribution in [3.63, 3.8) is 0 Å². The van der Waals surface area contributed by atoms with Gasteiger partial charge in [-0.05, 0) is 30.6 Å². The topological polar surface area (TPSA) is 0 Å². The van der Waals surface area contributed by atoms with Crippen LogP contribution in [0.5, 0.6) is 0 Å². The van der Waals surface area contributed by atoms with Crippen molar-refractivity contribution in [3.05, 3.63) is 0 Å². The monoisotopic (exact) mass is 244 g/mol. The first kappa shape index (κ1) is 16.4. The van der Waals surface area contributed by atoms with E-state index >= 15 is 0 Å². The Bertz CT molecular complexity index is 133. The fraction of sp³-hybridized carbons (Fsp3) is 1.00. The Morgan fingerprint density at radius 1 is 0.938 bits per heavy atom. The van der Waals surface area contributed by atoms with E-state index in [-0.39, 0.29) is 0 Å². The van der Waals surface area contributed by atoms with Crippen LogP contribution in [0, 0.1) is 11.8 Å². The molecule has 0 aliphatic carbocycles. The molecule has 0 aromatic carbocycles. The minimum Gasteiger partial charge on any atom is -0.122 e. The molecule has 3 unspecified atom stereocenters. The fourth-order valence-electron chi connectivity index (χ4n) is 2.23. The molecule has 0 spiro atoms. The zero-order chi connectivity index (χ0) is 12.2. The summed E-state index contributed by atoms with van der Waals surface area (Å²) >= 11 is 0. The molecule has 0 radical (unpaired) electrons. The normalized spacial score (nSPS) is 15.8. The zero-order valence-corrected chi connectivity index (χ0v) is 13.0. The zero-order valence-electron chi connectivity index (χ0n) is 12.0. The summed E-state index contributed by atoms with van der Waals surface area (Å²) in [5, 5.41) is 0. The van der Waals surface area contributed by atoms with Gasteiger partial charge in [0, 0.05) is 0 Å². The number of unbranched alkanes of at least 4 members (excludes halogenated alkanes) is 1. The van der Waals surface area contributed by atoms with Crippen molar-refractivity contribution in [3.8, 4) is 0 Å². The molecule has 0 nitrogen and oxygen atoms in total. The second-order valence-corrected chi connectivity index (χ2v) is 6.71. The Hall–Kier alpha value is 0.430. The van der Waals surface area contributed by atoms with Gasteiger partial charge in [0.1, 0.15) is 0 Å². The van der Waals surface area contributed by atoms with Crippen LogP contribution in [0.1, 0.15) is 72.6 Å². The van der Waals surface area contributed by atoms with E-state index in [0.717, 1.165) is 11.8 Å². The minimum atomic E-state index is 0.973. The lowest BCUT2D eigenvalue weighted by Gasteiger charge is -2.17. The Morgan fingerprint density at radius 3 is 2.25 bits per heavy atom. The second kappa shape index (κ2) is 11.9. The average Bonchev–Trinajstić information content (AvgIpc) is 2.30. The Labute approximate surface area is 106 Å². The molecular formula is C15H33P. The predicted molar refractivity (Wildman–Crippen MR) is 80.0 cm³/mol. The van der Waals surface area contributed by atoms with E-state index in [4.69, 9.17) is 0 Å². The van der Waals surface area contributed by atoms with Crippen LogP contribution in [0.25, 0.3) is 0 Å². The van der Waals surface area contributed by atoms with Crippen LogP contribution in [0.3, 0.4) is 0 Å². The first-order valence-corrected chi connectivity index (χ1v) is 8.86. The highest BCUT2D eigenvalue weighted by Crippen LogP contribution is 2.24. The first-order chi connectivity index (χ1) is 7.74. The van der Waals surface area contributed by atoms with Crippen molar-refractivity contribution in [1.29, 1.82) is 0 Å². The summed E-state index contributed by atoms with van der Waals surface area (Å²) in [4.78, 5) is 0. The molecule has 98 valence electrons. The second-order valence-electron chi connectivity index (χ2n) is 5.30. The molecule has 0 amide bonds. The molecule has 0 N–H and O–H groups in total. The molecule has 0 fully saturated rings. The van der Waals surface area contributed by atoms with Gasteiger partial charge in [-0.25, -0.2) is 0 Å². The van der Waals surface area contributed by atoms with Crippen molar-refractivity contribution in [2.75, 3.05) is 12.3 Å². The van der Waals surface area contributed by atoms with E-state index in [2.05, 4.69) is 27.7 Å². The van der Waals surface area contributed by atoms with Gasteiger partial charge in [0.25, 0.3) is 0 Å². The number of rotatable bonds is 11. The molecule has 16 heavy (non-hydrogen) atoms. The van der Waals surface area contributed by atoms with Gasteiger partial charge >= 0.3 is 0 Å². The van der Waals surface area contributed by atoms with Gasteiger partial charge in [0.2, 0.25) is 0 Å². The van der Waals surface area contributed by atoms with E-state index in [1.165, 1.54) is 65.9 Å². The summed E-state index contributed by atoms with van der Waals surface area (Å²) in [5.41, 5.74) is 0. The molecule has 0 bridgehead atoms. The minimum absolute atomic E-state index is 0.973. The lowest BCUT2D eigenvalue weighted by atomic mass is 9.92. The lowest BCUT2D eigenvalue weighted by molar-refractivity contribution is 0.389. The number of hydrogen-bond donors (Lipinski definition) is 0. The average molecular weight is 244 g/mol. The van der Waals surface area contributed by atoms with Crippen molar-refractivity contribution in [2.24, 2.45) is 11.8 Å². The van der Waals surface area contributed by atoms with Crippen molar-refractivity contribution in [2.45, 2.75) is 72.6 Å². The maximum absolute atomic E-state index is 2.46. The van der Waals surface area contributed by atoms with E-state index in [1.54, 1.807) is 0 Å². The Kier molecular flexibility index (Phi) is 12.2. The van der Waals surface area contributed by atoms with Gasteiger partial charge < -0.3 is 0 Å². The first-order valence-electron chi connectivity index (χ1n) is 7.45. The maximum Gasteiger partial charge on any atom is -0.0328 e. The third-order valence-corrected chi connectivity index (χ3v) is 5.23. The molecule has 0 aliphatic rings. The van der Waals surface area contributed by atoms with Crippen LogP contribution in [0.15, 0.2) is 0 Å². The third kappa shape index (κ3) is 9.64. The highest BCUT2D eigenvalue weighted by atomic mass is 31.1. The highest BCUT2D eigenvalue weighted by Gasteiger charge is 2.08. The maximum atomic E-state index is 2.46. The molecule has 0 aromatic heterocycles. The van der Waals surface area contributed by atoms with Crippen LogP contribution in [0.4, 0.5) is 0 Å². The van der Waals surface area contributed by atoms with Crippen LogP contribution >= 0.6 is 8.58 Å². The third-order valence-electron chi connectivity index (χ3n) is 3.54. The molecule has 0 aromatic rings. The molecule has 0 heterocycles. The molecule has 0 rings (SSSR count). The summed E-state index contributed by atoms with van der Waals surface area (Å²) < 4.78 is 0. The predicted octanol–water partition coefficient (Wildman–Crippen LogP) is 5.71. The fourth-order valence-corrected chi connectivity index (χ4v) is 3.74. The van der Waals surface area contributed by atoms with Crippen LogP contribution in [-0.2, 0) is 0 Å². The molecule has 3 atom stereocenters. The summed E-state index contributed by atoms with van der Waals surface area (Å²) in [6, 6.07) is 0. The van der Waals surface area contributed by atoms with E-state index in [9.17, 15) is 0 Å². The number of hydrogen-bond acceptors (Lipinski definition) is 0. The summed E-state index contributed by atoms with van der Waals surface area (Å²) in [7, 11) is 1.22.